The number of alkyl halides is 1. The van der Waals surface area contributed by atoms with Crippen LogP contribution in [0.1, 0.15) is 25.3 Å². The van der Waals surface area contributed by atoms with Crippen molar-refractivity contribution in [1.82, 2.24) is 15.1 Å². The van der Waals surface area contributed by atoms with Gasteiger partial charge in [0.05, 0.1) is 6.20 Å². The van der Waals surface area contributed by atoms with Gasteiger partial charge in [0.2, 0.25) is 0 Å². The summed E-state index contributed by atoms with van der Waals surface area (Å²) in [5.41, 5.74) is 1.30. The molecule has 0 saturated carbocycles. The summed E-state index contributed by atoms with van der Waals surface area (Å²) in [4.78, 5) is 0. The van der Waals surface area contributed by atoms with Crippen LogP contribution in [0.15, 0.2) is 12.4 Å². The highest BCUT2D eigenvalue weighted by Crippen LogP contribution is 2.06. The Labute approximate surface area is 103 Å². The van der Waals surface area contributed by atoms with E-state index in [1.165, 1.54) is 18.4 Å². The molecule has 1 heterocycles. The van der Waals surface area contributed by atoms with Crippen molar-refractivity contribution in [2.75, 3.05) is 19.0 Å². The van der Waals surface area contributed by atoms with Gasteiger partial charge in [0.15, 0.2) is 0 Å². The molecule has 0 aliphatic carbocycles. The molecule has 1 aromatic heterocycles. The quantitative estimate of drug-likeness (QED) is 0.561. The van der Waals surface area contributed by atoms with Gasteiger partial charge in [-0.2, -0.15) is 5.10 Å². The van der Waals surface area contributed by atoms with Crippen LogP contribution >= 0.6 is 11.6 Å². The van der Waals surface area contributed by atoms with Crippen LogP contribution in [0.3, 0.4) is 0 Å². The molecule has 0 amide bonds. The molecule has 0 radical (unpaired) electrons. The molecule has 3 nitrogen and oxygen atoms in total. The van der Waals surface area contributed by atoms with Crippen LogP contribution in [0.4, 0.5) is 0 Å². The number of aryl methyl sites for hydroxylation is 1. The van der Waals surface area contributed by atoms with Gasteiger partial charge in [0.1, 0.15) is 0 Å². The molecule has 0 saturated heterocycles. The summed E-state index contributed by atoms with van der Waals surface area (Å²) in [7, 11) is 1.95. The van der Waals surface area contributed by atoms with Gasteiger partial charge in [-0.05, 0) is 43.8 Å². The lowest BCUT2D eigenvalue weighted by atomic mass is 10.1. The second-order valence-electron chi connectivity index (χ2n) is 4.42. The normalized spacial score (nSPS) is 12.9. The van der Waals surface area contributed by atoms with Gasteiger partial charge in [-0.1, -0.05) is 6.92 Å². The molecule has 0 aromatic carbocycles. The third-order valence-corrected chi connectivity index (χ3v) is 3.19. The molecule has 0 spiro atoms. The lowest BCUT2D eigenvalue weighted by Gasteiger charge is -2.07. The van der Waals surface area contributed by atoms with Crippen LogP contribution in [0, 0.1) is 5.92 Å². The topological polar surface area (TPSA) is 29.9 Å². The molecular weight excluding hydrogens is 222 g/mol. The molecule has 1 rings (SSSR count). The van der Waals surface area contributed by atoms with Crippen LogP contribution < -0.4 is 5.32 Å². The third kappa shape index (κ3) is 5.52. The monoisotopic (exact) mass is 243 g/mol. The standard InChI is InChI=1S/C12H22ClN3/c1-11(8-13)4-3-6-14-7-5-12-9-15-16(2)10-12/h9-11,14H,3-8H2,1-2H3. The van der Waals surface area contributed by atoms with E-state index in [-0.39, 0.29) is 0 Å². The molecule has 1 unspecified atom stereocenters. The van der Waals surface area contributed by atoms with E-state index in [0.717, 1.165) is 25.4 Å². The molecule has 1 aromatic rings. The maximum atomic E-state index is 5.74. The highest BCUT2D eigenvalue weighted by Gasteiger charge is 1.99. The molecule has 0 fully saturated rings. The fraction of sp³-hybridized carbons (Fsp3) is 0.750. The van der Waals surface area contributed by atoms with E-state index in [1.807, 2.05) is 17.9 Å². The predicted octanol–water partition coefficient (Wildman–Crippen LogP) is 2.21. The van der Waals surface area contributed by atoms with E-state index < -0.39 is 0 Å². The number of nitrogens with zero attached hydrogens (tertiary/aromatic N) is 2. The van der Waals surface area contributed by atoms with Gasteiger partial charge < -0.3 is 5.32 Å². The molecule has 1 atom stereocenters. The fourth-order valence-electron chi connectivity index (χ4n) is 1.61. The maximum absolute atomic E-state index is 5.74. The zero-order valence-electron chi connectivity index (χ0n) is 10.2. The van der Waals surface area contributed by atoms with Crippen molar-refractivity contribution in [2.24, 2.45) is 13.0 Å². The number of nitrogens with one attached hydrogen (secondary N) is 1. The molecule has 0 aliphatic heterocycles. The van der Waals surface area contributed by atoms with Crippen molar-refractivity contribution >= 4 is 11.6 Å². The van der Waals surface area contributed by atoms with E-state index in [1.54, 1.807) is 0 Å². The zero-order valence-corrected chi connectivity index (χ0v) is 11.0. The molecule has 16 heavy (non-hydrogen) atoms. The minimum absolute atomic E-state index is 0.641. The van der Waals surface area contributed by atoms with Crippen molar-refractivity contribution in [3.63, 3.8) is 0 Å². The molecule has 4 heteroatoms. The zero-order chi connectivity index (χ0) is 11.8. The Morgan fingerprint density at radius 3 is 2.94 bits per heavy atom. The van der Waals surface area contributed by atoms with Gasteiger partial charge in [-0.25, -0.2) is 0 Å². The first-order chi connectivity index (χ1) is 7.72. The molecule has 0 bridgehead atoms. The summed E-state index contributed by atoms with van der Waals surface area (Å²) in [6, 6.07) is 0. The predicted molar refractivity (Wildman–Crippen MR) is 68.9 cm³/mol. The average Bonchev–Trinajstić information content (AvgIpc) is 2.69. The molecule has 0 aliphatic rings. The number of hydrogen-bond acceptors (Lipinski definition) is 2. The summed E-state index contributed by atoms with van der Waals surface area (Å²) in [6.45, 7) is 4.31. The Balaban J connectivity index is 1.96. The summed E-state index contributed by atoms with van der Waals surface area (Å²) in [6.07, 6.45) is 7.47. The largest absolute Gasteiger partial charge is 0.316 e. The van der Waals surface area contributed by atoms with Crippen molar-refractivity contribution in [3.8, 4) is 0 Å². The Bertz CT molecular complexity index is 286. The molecule has 92 valence electrons. The minimum atomic E-state index is 0.641. The summed E-state index contributed by atoms with van der Waals surface area (Å²) >= 11 is 5.74. The van der Waals surface area contributed by atoms with E-state index in [2.05, 4.69) is 23.5 Å². The van der Waals surface area contributed by atoms with Crippen LogP contribution in [0.2, 0.25) is 0 Å². The summed E-state index contributed by atoms with van der Waals surface area (Å²) < 4.78 is 1.84. The Morgan fingerprint density at radius 2 is 2.31 bits per heavy atom. The van der Waals surface area contributed by atoms with Crippen LogP contribution in [-0.2, 0) is 13.5 Å². The van der Waals surface area contributed by atoms with Crippen LogP contribution in [-0.4, -0.2) is 28.8 Å². The molecular formula is C12H22ClN3. The molecule has 1 N–H and O–H groups in total. The Kier molecular flexibility index (Phi) is 6.50. The smallest absolute Gasteiger partial charge is 0.0522 e. The fourth-order valence-corrected chi connectivity index (χ4v) is 1.77. The minimum Gasteiger partial charge on any atom is -0.316 e. The number of aromatic nitrogens is 2. The van der Waals surface area contributed by atoms with Gasteiger partial charge in [0.25, 0.3) is 0 Å². The van der Waals surface area contributed by atoms with Crippen molar-refractivity contribution < 1.29 is 0 Å². The van der Waals surface area contributed by atoms with Gasteiger partial charge in [-0.3, -0.25) is 4.68 Å². The van der Waals surface area contributed by atoms with Crippen LogP contribution in [0.25, 0.3) is 0 Å². The summed E-state index contributed by atoms with van der Waals surface area (Å²) in [5.74, 6) is 1.41. The van der Waals surface area contributed by atoms with Crippen molar-refractivity contribution in [3.05, 3.63) is 18.0 Å². The highest BCUT2D eigenvalue weighted by atomic mass is 35.5. The van der Waals surface area contributed by atoms with Gasteiger partial charge in [0, 0.05) is 19.1 Å². The van der Waals surface area contributed by atoms with E-state index >= 15 is 0 Å². The second kappa shape index (κ2) is 7.69. The van der Waals surface area contributed by atoms with E-state index in [4.69, 9.17) is 11.6 Å². The lowest BCUT2D eigenvalue weighted by molar-refractivity contribution is 0.532. The second-order valence-corrected chi connectivity index (χ2v) is 4.73. The Hall–Kier alpha value is -0.540. The van der Waals surface area contributed by atoms with E-state index in [9.17, 15) is 0 Å². The Morgan fingerprint density at radius 1 is 1.50 bits per heavy atom. The SMILES string of the molecule is CC(CCl)CCCNCCc1cnn(C)c1. The number of rotatable bonds is 8. The average molecular weight is 244 g/mol. The third-order valence-electron chi connectivity index (χ3n) is 2.66. The first-order valence-electron chi connectivity index (χ1n) is 5.96. The first-order valence-corrected chi connectivity index (χ1v) is 6.50. The highest BCUT2D eigenvalue weighted by molar-refractivity contribution is 6.18. The number of halogens is 1. The number of hydrogen-bond donors (Lipinski definition) is 1. The van der Waals surface area contributed by atoms with Crippen molar-refractivity contribution in [1.29, 1.82) is 0 Å². The van der Waals surface area contributed by atoms with Gasteiger partial charge in [-0.15, -0.1) is 11.6 Å². The first kappa shape index (κ1) is 13.5. The maximum Gasteiger partial charge on any atom is 0.0522 e. The van der Waals surface area contributed by atoms with Crippen LogP contribution in [0.5, 0.6) is 0 Å². The van der Waals surface area contributed by atoms with E-state index in [0.29, 0.717) is 5.92 Å². The lowest BCUT2D eigenvalue weighted by Crippen LogP contribution is -2.19. The van der Waals surface area contributed by atoms with Crippen molar-refractivity contribution in [2.45, 2.75) is 26.2 Å². The van der Waals surface area contributed by atoms with Gasteiger partial charge >= 0.3 is 0 Å². The summed E-state index contributed by atoms with van der Waals surface area (Å²) in [5, 5.41) is 7.58.